The molecule has 0 saturated carbocycles. The van der Waals surface area contributed by atoms with E-state index in [4.69, 9.17) is 16.8 Å². The normalized spacial score (nSPS) is 10.9. The van der Waals surface area contributed by atoms with E-state index in [2.05, 4.69) is 10.5 Å². The van der Waals surface area contributed by atoms with E-state index < -0.39 is 0 Å². The predicted molar refractivity (Wildman–Crippen MR) is 51.9 cm³/mol. The molecular weight excluding hydrogens is 188 g/mol. The fourth-order valence-electron chi connectivity index (χ4n) is 1.36. The van der Waals surface area contributed by atoms with Crippen molar-refractivity contribution >= 4 is 22.5 Å². The highest BCUT2D eigenvalue weighted by Gasteiger charge is 2.02. The lowest BCUT2D eigenvalue weighted by Gasteiger charge is -1.90. The van der Waals surface area contributed by atoms with Gasteiger partial charge in [0.15, 0.2) is 0 Å². The van der Waals surface area contributed by atoms with Crippen LogP contribution in [-0.4, -0.2) is 10.2 Å². The molecule has 1 heterocycles. The van der Waals surface area contributed by atoms with Crippen molar-refractivity contribution in [3.05, 3.63) is 35.0 Å². The summed E-state index contributed by atoms with van der Waals surface area (Å²) in [5.41, 5.74) is 3.98. The number of aromatic amines is 1. The molecular formula is C9H9ClN2O. The standard InChI is InChI=1S/C9H9ClN2O/c10-8-2-1-3-9-7(8)4-6(12-9)5-11-13/h1-4,11-13H,5H2. The number of fused-ring (bicyclic) bond motifs is 1. The van der Waals surface area contributed by atoms with Crippen LogP contribution in [0.3, 0.4) is 0 Å². The molecule has 2 rings (SSSR count). The molecule has 1 aromatic carbocycles. The smallest absolute Gasteiger partial charge is 0.0609 e. The predicted octanol–water partition coefficient (Wildman–Crippen LogP) is 2.30. The SMILES string of the molecule is ONCc1cc2c(Cl)cccc2[nH]1. The molecule has 0 unspecified atom stereocenters. The Balaban J connectivity index is 2.55. The Morgan fingerprint density at radius 1 is 1.46 bits per heavy atom. The number of hydroxylamine groups is 1. The average Bonchev–Trinajstić information content (AvgIpc) is 2.49. The quantitative estimate of drug-likeness (QED) is 0.646. The van der Waals surface area contributed by atoms with Crippen LogP contribution < -0.4 is 5.48 Å². The summed E-state index contributed by atoms with van der Waals surface area (Å²) in [5, 5.41) is 10.2. The van der Waals surface area contributed by atoms with Gasteiger partial charge in [-0.15, -0.1) is 0 Å². The van der Waals surface area contributed by atoms with Crippen LogP contribution in [0.25, 0.3) is 10.9 Å². The Hall–Kier alpha value is -1.03. The molecule has 1 aromatic heterocycles. The summed E-state index contributed by atoms with van der Waals surface area (Å²) in [7, 11) is 0. The van der Waals surface area contributed by atoms with Crippen LogP contribution in [-0.2, 0) is 6.54 Å². The Morgan fingerprint density at radius 2 is 2.31 bits per heavy atom. The van der Waals surface area contributed by atoms with Crippen LogP contribution in [0.15, 0.2) is 24.3 Å². The lowest BCUT2D eigenvalue weighted by Crippen LogP contribution is -2.05. The fraction of sp³-hybridized carbons (Fsp3) is 0.111. The van der Waals surface area contributed by atoms with Gasteiger partial charge in [0.2, 0.25) is 0 Å². The van der Waals surface area contributed by atoms with Gasteiger partial charge in [-0.3, -0.25) is 0 Å². The monoisotopic (exact) mass is 196 g/mol. The molecule has 0 saturated heterocycles. The lowest BCUT2D eigenvalue weighted by molar-refractivity contribution is 0.160. The third kappa shape index (κ3) is 1.54. The van der Waals surface area contributed by atoms with E-state index in [0.717, 1.165) is 21.6 Å². The summed E-state index contributed by atoms with van der Waals surface area (Å²) in [4.78, 5) is 3.13. The first-order chi connectivity index (χ1) is 6.31. The third-order valence-corrected chi connectivity index (χ3v) is 2.27. The molecule has 3 N–H and O–H groups in total. The average molecular weight is 197 g/mol. The molecule has 13 heavy (non-hydrogen) atoms. The van der Waals surface area contributed by atoms with Crippen molar-refractivity contribution in [3.8, 4) is 0 Å². The summed E-state index contributed by atoms with van der Waals surface area (Å²) in [6.07, 6.45) is 0. The highest BCUT2D eigenvalue weighted by atomic mass is 35.5. The Morgan fingerprint density at radius 3 is 3.00 bits per heavy atom. The minimum Gasteiger partial charge on any atom is -0.357 e. The van der Waals surface area contributed by atoms with Gasteiger partial charge in [-0.05, 0) is 18.2 Å². The molecule has 2 aromatic rings. The maximum absolute atomic E-state index is 8.51. The molecule has 0 aliphatic carbocycles. The van der Waals surface area contributed by atoms with Crippen LogP contribution in [0.5, 0.6) is 0 Å². The van der Waals surface area contributed by atoms with Crippen LogP contribution in [0, 0.1) is 0 Å². The first-order valence-electron chi connectivity index (χ1n) is 3.94. The second kappa shape index (κ2) is 3.38. The van der Waals surface area contributed by atoms with Gasteiger partial charge in [0.05, 0.1) is 6.54 Å². The van der Waals surface area contributed by atoms with Gasteiger partial charge < -0.3 is 10.2 Å². The molecule has 0 radical (unpaired) electrons. The molecule has 0 amide bonds. The van der Waals surface area contributed by atoms with Crippen molar-refractivity contribution in [2.75, 3.05) is 0 Å². The zero-order chi connectivity index (χ0) is 9.26. The molecule has 0 aliphatic heterocycles. The van der Waals surface area contributed by atoms with Crippen molar-refractivity contribution in [1.82, 2.24) is 10.5 Å². The van der Waals surface area contributed by atoms with Gasteiger partial charge in [0.1, 0.15) is 0 Å². The Labute approximate surface area is 80.3 Å². The van der Waals surface area contributed by atoms with Gasteiger partial charge >= 0.3 is 0 Å². The molecule has 3 nitrogen and oxygen atoms in total. The maximum Gasteiger partial charge on any atom is 0.0609 e. The second-order valence-corrected chi connectivity index (χ2v) is 3.24. The lowest BCUT2D eigenvalue weighted by atomic mass is 10.2. The van der Waals surface area contributed by atoms with Gasteiger partial charge in [-0.25, -0.2) is 0 Å². The van der Waals surface area contributed by atoms with Crippen molar-refractivity contribution < 1.29 is 5.21 Å². The number of aromatic nitrogens is 1. The van der Waals surface area contributed by atoms with Crippen molar-refractivity contribution in [3.63, 3.8) is 0 Å². The number of halogens is 1. The van der Waals surface area contributed by atoms with E-state index in [1.165, 1.54) is 0 Å². The summed E-state index contributed by atoms with van der Waals surface area (Å²) in [6.45, 7) is 0.394. The van der Waals surface area contributed by atoms with E-state index in [1.54, 1.807) is 0 Å². The van der Waals surface area contributed by atoms with E-state index in [0.29, 0.717) is 6.54 Å². The van der Waals surface area contributed by atoms with E-state index in [-0.39, 0.29) is 0 Å². The highest BCUT2D eigenvalue weighted by molar-refractivity contribution is 6.35. The van der Waals surface area contributed by atoms with E-state index >= 15 is 0 Å². The van der Waals surface area contributed by atoms with Crippen molar-refractivity contribution in [2.45, 2.75) is 6.54 Å². The number of H-pyrrole nitrogens is 1. The van der Waals surface area contributed by atoms with Gasteiger partial charge in [-0.1, -0.05) is 17.7 Å². The van der Waals surface area contributed by atoms with Gasteiger partial charge in [0.25, 0.3) is 0 Å². The number of rotatable bonds is 2. The summed E-state index contributed by atoms with van der Waals surface area (Å²) in [6, 6.07) is 7.59. The first-order valence-corrected chi connectivity index (χ1v) is 4.32. The summed E-state index contributed by atoms with van der Waals surface area (Å²) >= 11 is 5.97. The minimum atomic E-state index is 0.394. The molecule has 0 spiro atoms. The number of nitrogens with one attached hydrogen (secondary N) is 2. The van der Waals surface area contributed by atoms with Crippen LogP contribution in [0.2, 0.25) is 5.02 Å². The minimum absolute atomic E-state index is 0.394. The number of benzene rings is 1. The molecule has 0 aliphatic rings. The molecule has 68 valence electrons. The fourth-order valence-corrected chi connectivity index (χ4v) is 1.59. The second-order valence-electron chi connectivity index (χ2n) is 2.83. The Bertz CT molecular complexity index is 424. The van der Waals surface area contributed by atoms with Crippen molar-refractivity contribution in [2.24, 2.45) is 0 Å². The van der Waals surface area contributed by atoms with Gasteiger partial charge in [-0.2, -0.15) is 5.48 Å². The summed E-state index contributed by atoms with van der Waals surface area (Å²) < 4.78 is 0. The van der Waals surface area contributed by atoms with Crippen LogP contribution in [0.4, 0.5) is 0 Å². The number of hydrogen-bond acceptors (Lipinski definition) is 2. The van der Waals surface area contributed by atoms with Crippen LogP contribution >= 0.6 is 11.6 Å². The summed E-state index contributed by atoms with van der Waals surface area (Å²) in [5.74, 6) is 0. The highest BCUT2D eigenvalue weighted by Crippen LogP contribution is 2.23. The van der Waals surface area contributed by atoms with E-state index in [1.807, 2.05) is 24.3 Å². The van der Waals surface area contributed by atoms with E-state index in [9.17, 15) is 0 Å². The first kappa shape index (κ1) is 8.56. The zero-order valence-electron chi connectivity index (χ0n) is 6.84. The maximum atomic E-state index is 8.51. The largest absolute Gasteiger partial charge is 0.357 e. The Kier molecular flexibility index (Phi) is 2.22. The molecule has 0 bridgehead atoms. The zero-order valence-corrected chi connectivity index (χ0v) is 7.60. The molecule has 0 atom stereocenters. The topological polar surface area (TPSA) is 48.0 Å². The van der Waals surface area contributed by atoms with Gasteiger partial charge in [0, 0.05) is 21.6 Å². The van der Waals surface area contributed by atoms with Crippen LogP contribution in [0.1, 0.15) is 5.69 Å². The molecule has 0 fully saturated rings. The third-order valence-electron chi connectivity index (χ3n) is 1.94. The van der Waals surface area contributed by atoms with Crippen molar-refractivity contribution in [1.29, 1.82) is 0 Å². The number of hydrogen-bond donors (Lipinski definition) is 3. The molecule has 4 heteroatoms.